The van der Waals surface area contributed by atoms with Crippen LogP contribution in [0.3, 0.4) is 0 Å². The molecule has 6 heteroatoms. The molecule has 2 aliphatic rings. The molecule has 2 aliphatic carbocycles. The van der Waals surface area contributed by atoms with E-state index in [1.165, 1.54) is 13.3 Å². The van der Waals surface area contributed by atoms with Gasteiger partial charge in [0, 0.05) is 20.0 Å². The van der Waals surface area contributed by atoms with Crippen molar-refractivity contribution in [3.05, 3.63) is 0 Å². The van der Waals surface area contributed by atoms with Crippen LogP contribution in [0.2, 0.25) is 0 Å². The molecular weight excluding hydrogens is 306 g/mol. The molecule has 0 heterocycles. The van der Waals surface area contributed by atoms with Crippen LogP contribution in [0.4, 0.5) is 0 Å². The van der Waals surface area contributed by atoms with Crippen LogP contribution >= 0.6 is 0 Å². The number of amides is 3. The molecule has 2 N–H and O–H groups in total. The number of nitrogens with zero attached hydrogens (tertiary/aromatic N) is 1. The molecule has 24 heavy (non-hydrogen) atoms. The van der Waals surface area contributed by atoms with Gasteiger partial charge in [0.1, 0.15) is 5.54 Å². The largest absolute Gasteiger partial charge is 0.351 e. The van der Waals surface area contributed by atoms with Gasteiger partial charge in [-0.25, -0.2) is 0 Å². The van der Waals surface area contributed by atoms with Crippen LogP contribution in [-0.4, -0.2) is 47.8 Å². The van der Waals surface area contributed by atoms with E-state index in [2.05, 4.69) is 10.6 Å². The minimum absolute atomic E-state index is 0.00669. The van der Waals surface area contributed by atoms with Crippen molar-refractivity contribution in [2.45, 2.75) is 82.7 Å². The number of nitrogens with one attached hydrogen (secondary N) is 2. The van der Waals surface area contributed by atoms with Gasteiger partial charge in [0.05, 0.1) is 6.54 Å². The SMILES string of the molecule is CC(=O)NCC(=O)N(C)C1(C(=O)NC2CCCCC2)CCCCC1. The van der Waals surface area contributed by atoms with Gasteiger partial charge in [0.25, 0.3) is 0 Å². The van der Waals surface area contributed by atoms with E-state index in [4.69, 9.17) is 0 Å². The lowest BCUT2D eigenvalue weighted by atomic mass is 9.79. The van der Waals surface area contributed by atoms with Crippen LogP contribution in [0.5, 0.6) is 0 Å². The molecule has 0 aromatic heterocycles. The predicted octanol–water partition coefficient (Wildman–Crippen LogP) is 1.73. The first-order valence-electron chi connectivity index (χ1n) is 9.28. The van der Waals surface area contributed by atoms with Crippen LogP contribution in [0.15, 0.2) is 0 Å². The fraction of sp³-hybridized carbons (Fsp3) is 0.833. The zero-order chi connectivity index (χ0) is 17.6. The van der Waals surface area contributed by atoms with Gasteiger partial charge in [0.2, 0.25) is 17.7 Å². The number of carbonyl (C=O) groups is 3. The van der Waals surface area contributed by atoms with E-state index in [-0.39, 0.29) is 30.3 Å². The van der Waals surface area contributed by atoms with Gasteiger partial charge in [-0.3, -0.25) is 14.4 Å². The van der Waals surface area contributed by atoms with E-state index in [1.54, 1.807) is 11.9 Å². The van der Waals surface area contributed by atoms with Crippen molar-refractivity contribution in [1.29, 1.82) is 0 Å². The second-order valence-electron chi connectivity index (χ2n) is 7.26. The summed E-state index contributed by atoms with van der Waals surface area (Å²) in [5, 5.41) is 5.75. The Hall–Kier alpha value is -1.59. The first-order valence-corrected chi connectivity index (χ1v) is 9.28. The fourth-order valence-corrected chi connectivity index (χ4v) is 3.98. The average Bonchev–Trinajstić information content (AvgIpc) is 2.60. The molecular formula is C18H31N3O3. The van der Waals surface area contributed by atoms with Gasteiger partial charge in [-0.15, -0.1) is 0 Å². The first-order chi connectivity index (χ1) is 11.5. The Balaban J connectivity index is 2.07. The summed E-state index contributed by atoms with van der Waals surface area (Å²) in [4.78, 5) is 38.2. The molecule has 136 valence electrons. The Morgan fingerprint density at radius 1 is 1.00 bits per heavy atom. The maximum absolute atomic E-state index is 13.1. The summed E-state index contributed by atoms with van der Waals surface area (Å²) in [6.45, 7) is 1.34. The minimum Gasteiger partial charge on any atom is -0.351 e. The molecule has 0 unspecified atom stereocenters. The summed E-state index contributed by atoms with van der Waals surface area (Å²) in [6.07, 6.45) is 10.0. The molecule has 2 rings (SSSR count). The molecule has 0 aromatic rings. The molecule has 0 radical (unpaired) electrons. The van der Waals surface area contributed by atoms with Gasteiger partial charge in [-0.1, -0.05) is 38.5 Å². The van der Waals surface area contributed by atoms with Gasteiger partial charge >= 0.3 is 0 Å². The molecule has 0 atom stereocenters. The predicted molar refractivity (Wildman–Crippen MR) is 92.3 cm³/mol. The second kappa shape index (κ2) is 8.49. The number of likely N-dealkylation sites (N-methyl/N-ethyl adjacent to an activating group) is 1. The highest BCUT2D eigenvalue weighted by Gasteiger charge is 2.45. The highest BCUT2D eigenvalue weighted by molar-refractivity contribution is 5.93. The van der Waals surface area contributed by atoms with Crippen molar-refractivity contribution in [2.75, 3.05) is 13.6 Å². The standard InChI is InChI=1S/C18H31N3O3/c1-14(22)19-13-16(23)21(2)18(11-7-4-8-12-18)17(24)20-15-9-5-3-6-10-15/h15H,3-13H2,1-2H3,(H,19,22)(H,20,24). The molecule has 0 bridgehead atoms. The summed E-state index contributed by atoms with van der Waals surface area (Å²) < 4.78 is 0. The Kier molecular flexibility index (Phi) is 6.63. The third kappa shape index (κ3) is 4.48. The van der Waals surface area contributed by atoms with Crippen LogP contribution < -0.4 is 10.6 Å². The maximum Gasteiger partial charge on any atom is 0.246 e. The van der Waals surface area contributed by atoms with E-state index in [9.17, 15) is 14.4 Å². The van der Waals surface area contributed by atoms with Crippen molar-refractivity contribution >= 4 is 17.7 Å². The van der Waals surface area contributed by atoms with Crippen molar-refractivity contribution in [2.24, 2.45) is 0 Å². The third-order valence-corrected chi connectivity index (χ3v) is 5.55. The Labute approximate surface area is 144 Å². The lowest BCUT2D eigenvalue weighted by Crippen LogP contribution is -2.62. The van der Waals surface area contributed by atoms with Gasteiger partial charge in [0.15, 0.2) is 0 Å². The molecule has 0 spiro atoms. The number of rotatable bonds is 5. The van der Waals surface area contributed by atoms with Gasteiger partial charge in [-0.05, 0) is 25.7 Å². The monoisotopic (exact) mass is 337 g/mol. The van der Waals surface area contributed by atoms with Crippen molar-refractivity contribution in [3.63, 3.8) is 0 Å². The van der Waals surface area contributed by atoms with E-state index in [0.717, 1.165) is 44.9 Å². The lowest BCUT2D eigenvalue weighted by Gasteiger charge is -2.44. The molecule has 2 saturated carbocycles. The highest BCUT2D eigenvalue weighted by Crippen LogP contribution is 2.34. The molecule has 0 aliphatic heterocycles. The number of hydrogen-bond acceptors (Lipinski definition) is 3. The third-order valence-electron chi connectivity index (χ3n) is 5.55. The molecule has 0 aromatic carbocycles. The molecule has 3 amide bonds. The van der Waals surface area contributed by atoms with E-state index < -0.39 is 5.54 Å². The summed E-state index contributed by atoms with van der Waals surface area (Å²) in [7, 11) is 1.70. The van der Waals surface area contributed by atoms with Crippen LogP contribution in [0.1, 0.15) is 71.1 Å². The smallest absolute Gasteiger partial charge is 0.246 e. The van der Waals surface area contributed by atoms with Crippen molar-refractivity contribution in [3.8, 4) is 0 Å². The number of hydrogen-bond donors (Lipinski definition) is 2. The Morgan fingerprint density at radius 2 is 1.58 bits per heavy atom. The minimum atomic E-state index is -0.759. The van der Waals surface area contributed by atoms with Crippen LogP contribution in [-0.2, 0) is 14.4 Å². The summed E-state index contributed by atoms with van der Waals surface area (Å²) in [5.41, 5.74) is -0.759. The van der Waals surface area contributed by atoms with Crippen molar-refractivity contribution in [1.82, 2.24) is 15.5 Å². The molecule has 6 nitrogen and oxygen atoms in total. The maximum atomic E-state index is 13.1. The summed E-state index contributed by atoms with van der Waals surface area (Å²) >= 11 is 0. The topological polar surface area (TPSA) is 78.5 Å². The Morgan fingerprint density at radius 3 is 2.17 bits per heavy atom. The van der Waals surface area contributed by atoms with E-state index >= 15 is 0 Å². The summed E-state index contributed by atoms with van der Waals surface area (Å²) in [5.74, 6) is -0.445. The normalized spacial score (nSPS) is 20.9. The van der Waals surface area contributed by atoms with Gasteiger partial charge < -0.3 is 15.5 Å². The fourth-order valence-electron chi connectivity index (χ4n) is 3.98. The molecule has 2 fully saturated rings. The highest BCUT2D eigenvalue weighted by atomic mass is 16.2. The van der Waals surface area contributed by atoms with Crippen molar-refractivity contribution < 1.29 is 14.4 Å². The van der Waals surface area contributed by atoms with Gasteiger partial charge in [-0.2, -0.15) is 0 Å². The van der Waals surface area contributed by atoms with E-state index in [1.807, 2.05) is 0 Å². The number of carbonyl (C=O) groups excluding carboxylic acids is 3. The van der Waals surface area contributed by atoms with E-state index in [0.29, 0.717) is 12.8 Å². The zero-order valence-corrected chi connectivity index (χ0v) is 15.0. The zero-order valence-electron chi connectivity index (χ0n) is 15.0. The summed E-state index contributed by atoms with van der Waals surface area (Å²) in [6, 6.07) is 0.240. The Bertz CT molecular complexity index is 466. The quantitative estimate of drug-likeness (QED) is 0.802. The molecule has 0 saturated heterocycles. The first kappa shape index (κ1) is 18.7. The lowest BCUT2D eigenvalue weighted by molar-refractivity contribution is -0.148. The second-order valence-corrected chi connectivity index (χ2v) is 7.26. The average molecular weight is 337 g/mol. The van der Waals surface area contributed by atoms with Crippen LogP contribution in [0, 0.1) is 0 Å². The van der Waals surface area contributed by atoms with Crippen LogP contribution in [0.25, 0.3) is 0 Å².